The normalized spacial score (nSPS) is 44.2. The number of rotatable bonds is 2. The summed E-state index contributed by atoms with van der Waals surface area (Å²) in [4.78, 5) is 11.7. The Morgan fingerprint density at radius 2 is 2.12 bits per heavy atom. The second kappa shape index (κ2) is 4.27. The van der Waals surface area contributed by atoms with E-state index in [9.17, 15) is 4.79 Å². The average molecular weight is 238 g/mol. The molecule has 17 heavy (non-hydrogen) atoms. The minimum Gasteiger partial charge on any atom is -0.466 e. The van der Waals surface area contributed by atoms with Crippen molar-refractivity contribution in [3.05, 3.63) is 0 Å². The minimum absolute atomic E-state index is 0.00510. The van der Waals surface area contributed by atoms with Gasteiger partial charge in [0.25, 0.3) is 0 Å². The summed E-state index contributed by atoms with van der Waals surface area (Å²) >= 11 is 0. The number of hydrogen-bond acceptors (Lipinski definition) is 3. The van der Waals surface area contributed by atoms with Crippen LogP contribution in [0, 0.1) is 17.8 Å². The average Bonchev–Trinajstić information content (AvgIpc) is 3.11. The van der Waals surface area contributed by atoms with Gasteiger partial charge in [-0.2, -0.15) is 0 Å². The summed E-state index contributed by atoms with van der Waals surface area (Å²) in [5.74, 6) is 1.87. The highest BCUT2D eigenvalue weighted by Crippen LogP contribution is 2.58. The van der Waals surface area contributed by atoms with Gasteiger partial charge in [0.05, 0.1) is 18.1 Å². The Labute approximate surface area is 103 Å². The molecule has 3 heteroatoms. The zero-order valence-electron chi connectivity index (χ0n) is 10.6. The molecule has 1 spiro atoms. The minimum atomic E-state index is 0.00510. The highest BCUT2D eigenvalue weighted by molar-refractivity contribution is 5.72. The molecule has 2 aliphatic carbocycles. The molecule has 1 heterocycles. The lowest BCUT2D eigenvalue weighted by Crippen LogP contribution is -2.43. The Balaban J connectivity index is 1.58. The van der Waals surface area contributed by atoms with Crippen LogP contribution in [0.2, 0.25) is 0 Å². The molecule has 0 aromatic heterocycles. The van der Waals surface area contributed by atoms with Crippen LogP contribution in [0.3, 0.4) is 0 Å². The fraction of sp³-hybridized carbons (Fsp3) is 0.929. The topological polar surface area (TPSA) is 35.5 Å². The van der Waals surface area contributed by atoms with Crippen molar-refractivity contribution in [3.63, 3.8) is 0 Å². The third-order valence-corrected chi connectivity index (χ3v) is 4.93. The molecule has 2 unspecified atom stereocenters. The fourth-order valence-electron chi connectivity index (χ4n) is 3.85. The molecule has 3 fully saturated rings. The number of fused-ring (bicyclic) bond motifs is 2. The molecule has 1 saturated heterocycles. The van der Waals surface area contributed by atoms with E-state index in [2.05, 4.69) is 0 Å². The molecule has 0 amide bonds. The SMILES string of the molecule is CCOC(=O)C1CCC2(CC1)OCCC1CC12. The lowest BCUT2D eigenvalue weighted by atomic mass is 9.74. The van der Waals surface area contributed by atoms with Gasteiger partial charge in [-0.3, -0.25) is 4.79 Å². The summed E-state index contributed by atoms with van der Waals surface area (Å²) in [5, 5.41) is 0. The van der Waals surface area contributed by atoms with Crippen LogP contribution < -0.4 is 0 Å². The molecular formula is C14H22O3. The van der Waals surface area contributed by atoms with Gasteiger partial charge in [-0.25, -0.2) is 0 Å². The molecule has 2 saturated carbocycles. The van der Waals surface area contributed by atoms with E-state index in [0.717, 1.165) is 44.1 Å². The van der Waals surface area contributed by atoms with Gasteiger partial charge in [-0.05, 0) is 57.3 Å². The van der Waals surface area contributed by atoms with E-state index in [1.54, 1.807) is 0 Å². The Kier molecular flexibility index (Phi) is 2.89. The molecule has 96 valence electrons. The smallest absolute Gasteiger partial charge is 0.308 e. The molecule has 0 N–H and O–H groups in total. The van der Waals surface area contributed by atoms with E-state index >= 15 is 0 Å². The van der Waals surface area contributed by atoms with Gasteiger partial charge in [0.1, 0.15) is 0 Å². The standard InChI is InChI=1S/C14H22O3/c1-2-16-13(15)10-3-6-14(7-4-10)12-9-11(12)5-8-17-14/h10-12H,2-9H2,1H3. The van der Waals surface area contributed by atoms with Crippen LogP contribution >= 0.6 is 0 Å². The van der Waals surface area contributed by atoms with Gasteiger partial charge in [0, 0.05) is 6.61 Å². The maximum Gasteiger partial charge on any atom is 0.308 e. The van der Waals surface area contributed by atoms with E-state index in [1.807, 2.05) is 6.92 Å². The Bertz CT molecular complexity index is 305. The number of carbonyl (C=O) groups is 1. The van der Waals surface area contributed by atoms with Crippen molar-refractivity contribution in [1.29, 1.82) is 0 Å². The van der Waals surface area contributed by atoms with Crippen LogP contribution in [0.25, 0.3) is 0 Å². The molecule has 2 atom stereocenters. The van der Waals surface area contributed by atoms with E-state index in [0.29, 0.717) is 6.61 Å². The van der Waals surface area contributed by atoms with Gasteiger partial charge in [0.2, 0.25) is 0 Å². The van der Waals surface area contributed by atoms with Gasteiger partial charge >= 0.3 is 5.97 Å². The molecule has 3 nitrogen and oxygen atoms in total. The zero-order chi connectivity index (χ0) is 11.9. The molecule has 3 rings (SSSR count). The summed E-state index contributed by atoms with van der Waals surface area (Å²) in [6.45, 7) is 3.31. The predicted octanol–water partition coefficient (Wildman–Crippen LogP) is 2.53. The van der Waals surface area contributed by atoms with E-state index in [-0.39, 0.29) is 17.5 Å². The van der Waals surface area contributed by atoms with Crippen molar-refractivity contribution >= 4 is 5.97 Å². The maximum absolute atomic E-state index is 11.7. The predicted molar refractivity (Wildman–Crippen MR) is 63.5 cm³/mol. The molecule has 3 aliphatic rings. The van der Waals surface area contributed by atoms with E-state index < -0.39 is 0 Å². The largest absolute Gasteiger partial charge is 0.466 e. The van der Waals surface area contributed by atoms with Crippen LogP contribution in [0.5, 0.6) is 0 Å². The van der Waals surface area contributed by atoms with Gasteiger partial charge in [-0.15, -0.1) is 0 Å². The Hall–Kier alpha value is -0.570. The van der Waals surface area contributed by atoms with Crippen LogP contribution in [-0.4, -0.2) is 24.8 Å². The fourth-order valence-corrected chi connectivity index (χ4v) is 3.85. The second-order valence-corrected chi connectivity index (χ2v) is 5.83. The number of carbonyl (C=O) groups excluding carboxylic acids is 1. The third-order valence-electron chi connectivity index (χ3n) is 4.93. The third kappa shape index (κ3) is 1.99. The summed E-state index contributed by atoms with van der Waals surface area (Å²) < 4.78 is 11.2. The maximum atomic E-state index is 11.7. The molecule has 1 aliphatic heterocycles. The van der Waals surface area contributed by atoms with Crippen molar-refractivity contribution in [2.24, 2.45) is 17.8 Å². The first-order chi connectivity index (χ1) is 8.25. The quantitative estimate of drug-likeness (QED) is 0.693. The first kappa shape index (κ1) is 11.5. The van der Waals surface area contributed by atoms with Crippen LogP contribution in [0.4, 0.5) is 0 Å². The summed E-state index contributed by atoms with van der Waals surface area (Å²) in [6, 6.07) is 0. The molecule has 0 bridgehead atoms. The molecular weight excluding hydrogens is 216 g/mol. The van der Waals surface area contributed by atoms with Crippen LogP contribution in [0.1, 0.15) is 45.4 Å². The monoisotopic (exact) mass is 238 g/mol. The summed E-state index contributed by atoms with van der Waals surface area (Å²) in [7, 11) is 0. The van der Waals surface area contributed by atoms with Crippen molar-refractivity contribution in [3.8, 4) is 0 Å². The molecule has 0 radical (unpaired) electrons. The molecule has 0 aromatic carbocycles. The van der Waals surface area contributed by atoms with Crippen molar-refractivity contribution in [2.75, 3.05) is 13.2 Å². The van der Waals surface area contributed by atoms with Gasteiger partial charge < -0.3 is 9.47 Å². The van der Waals surface area contributed by atoms with E-state index in [4.69, 9.17) is 9.47 Å². The van der Waals surface area contributed by atoms with Crippen LogP contribution in [0.15, 0.2) is 0 Å². The Morgan fingerprint density at radius 3 is 2.82 bits per heavy atom. The van der Waals surface area contributed by atoms with E-state index in [1.165, 1.54) is 12.8 Å². The molecule has 0 aromatic rings. The first-order valence-electron chi connectivity index (χ1n) is 7.06. The summed E-state index contributed by atoms with van der Waals surface area (Å²) in [6.07, 6.45) is 6.68. The Morgan fingerprint density at radius 1 is 1.35 bits per heavy atom. The van der Waals surface area contributed by atoms with Gasteiger partial charge in [-0.1, -0.05) is 0 Å². The number of esters is 1. The van der Waals surface area contributed by atoms with Crippen molar-refractivity contribution in [2.45, 2.75) is 51.0 Å². The highest BCUT2D eigenvalue weighted by atomic mass is 16.5. The number of ether oxygens (including phenoxy) is 2. The van der Waals surface area contributed by atoms with Crippen molar-refractivity contribution < 1.29 is 14.3 Å². The van der Waals surface area contributed by atoms with Crippen LogP contribution in [-0.2, 0) is 14.3 Å². The highest BCUT2D eigenvalue weighted by Gasteiger charge is 2.57. The number of hydrogen-bond donors (Lipinski definition) is 0. The van der Waals surface area contributed by atoms with Gasteiger partial charge in [0.15, 0.2) is 0 Å². The first-order valence-corrected chi connectivity index (χ1v) is 7.06. The summed E-state index contributed by atoms with van der Waals surface area (Å²) in [5.41, 5.74) is 0.145. The zero-order valence-corrected chi connectivity index (χ0v) is 10.6. The second-order valence-electron chi connectivity index (χ2n) is 5.83. The lowest BCUT2D eigenvalue weighted by molar-refractivity contribution is -0.155. The van der Waals surface area contributed by atoms with Crippen molar-refractivity contribution in [1.82, 2.24) is 0 Å². The lowest BCUT2D eigenvalue weighted by Gasteiger charge is -2.42.